The van der Waals surface area contributed by atoms with Gasteiger partial charge < -0.3 is 15.8 Å². The maximum atomic E-state index is 13.3. The molecule has 3 aromatic rings. The van der Waals surface area contributed by atoms with Crippen molar-refractivity contribution in [2.45, 2.75) is 44.6 Å². The van der Waals surface area contributed by atoms with Gasteiger partial charge in [-0.05, 0) is 67.6 Å². The lowest BCUT2D eigenvalue weighted by atomic mass is 9.47. The van der Waals surface area contributed by atoms with Crippen LogP contribution in [0.5, 0.6) is 5.75 Å². The van der Waals surface area contributed by atoms with Crippen molar-refractivity contribution in [3.05, 3.63) is 71.9 Å². The van der Waals surface area contributed by atoms with Gasteiger partial charge in [-0.25, -0.2) is 4.98 Å². The summed E-state index contributed by atoms with van der Waals surface area (Å²) in [6, 6.07) is 19.9. The first-order valence-corrected chi connectivity index (χ1v) is 12.7. The minimum Gasteiger partial charge on any atom is -0.491 e. The first-order valence-electron chi connectivity index (χ1n) is 12.7. The molecule has 0 radical (unpaired) electrons. The first kappa shape index (κ1) is 22.1. The van der Waals surface area contributed by atoms with Crippen LogP contribution in [0, 0.1) is 23.2 Å². The van der Waals surface area contributed by atoms with Gasteiger partial charge in [-0.2, -0.15) is 0 Å². The molecule has 4 saturated carbocycles. The van der Waals surface area contributed by atoms with Gasteiger partial charge >= 0.3 is 0 Å². The monoisotopic (exact) mass is 469 g/mol. The van der Waals surface area contributed by atoms with Gasteiger partial charge in [-0.1, -0.05) is 48.5 Å². The van der Waals surface area contributed by atoms with Crippen molar-refractivity contribution in [2.24, 2.45) is 28.9 Å². The predicted molar refractivity (Wildman–Crippen MR) is 134 cm³/mol. The third kappa shape index (κ3) is 4.05. The van der Waals surface area contributed by atoms with Crippen molar-refractivity contribution in [3.8, 4) is 5.75 Å². The molecule has 2 aromatic carbocycles. The molecule has 6 heteroatoms. The first-order chi connectivity index (χ1) is 17.0. The van der Waals surface area contributed by atoms with Crippen molar-refractivity contribution in [2.75, 3.05) is 6.61 Å². The topological polar surface area (TPSA) is 94.3 Å². The SMILES string of the molecule is NC(=O)C12CC3CC(C1)C(NC(=O)c1ccc4cccc(OCCc5ccccc5)c4n1)C(C3)C2. The second-order valence-electron chi connectivity index (χ2n) is 10.7. The van der Waals surface area contributed by atoms with E-state index in [1.165, 1.54) is 5.56 Å². The van der Waals surface area contributed by atoms with Crippen LogP contribution in [0.3, 0.4) is 0 Å². The maximum absolute atomic E-state index is 13.3. The van der Waals surface area contributed by atoms with E-state index in [4.69, 9.17) is 15.5 Å². The molecular weight excluding hydrogens is 438 g/mol. The Balaban J connectivity index is 1.18. The molecule has 35 heavy (non-hydrogen) atoms. The zero-order valence-electron chi connectivity index (χ0n) is 19.8. The molecule has 4 aliphatic carbocycles. The van der Waals surface area contributed by atoms with Crippen LogP contribution >= 0.6 is 0 Å². The summed E-state index contributed by atoms with van der Waals surface area (Å²) >= 11 is 0. The second kappa shape index (κ2) is 8.67. The van der Waals surface area contributed by atoms with E-state index in [0.717, 1.165) is 43.9 Å². The fraction of sp³-hybridized carbons (Fsp3) is 0.414. The number of fused-ring (bicyclic) bond motifs is 1. The Morgan fingerprint density at radius 1 is 0.971 bits per heavy atom. The molecule has 2 unspecified atom stereocenters. The number of para-hydroxylation sites is 1. The van der Waals surface area contributed by atoms with Crippen molar-refractivity contribution in [1.29, 1.82) is 0 Å². The lowest BCUT2D eigenvalue weighted by molar-refractivity contribution is -0.145. The number of aromatic nitrogens is 1. The van der Waals surface area contributed by atoms with Gasteiger partial charge in [-0.15, -0.1) is 0 Å². The Morgan fingerprint density at radius 2 is 1.74 bits per heavy atom. The summed E-state index contributed by atoms with van der Waals surface area (Å²) in [6.45, 7) is 0.537. The van der Waals surface area contributed by atoms with E-state index in [9.17, 15) is 9.59 Å². The average Bonchev–Trinajstić information content (AvgIpc) is 2.86. The number of nitrogens with zero attached hydrogens (tertiary/aromatic N) is 1. The molecule has 0 spiro atoms. The van der Waals surface area contributed by atoms with Crippen LogP contribution in [0.25, 0.3) is 10.9 Å². The molecule has 1 heterocycles. The van der Waals surface area contributed by atoms with Gasteiger partial charge in [0, 0.05) is 23.3 Å². The van der Waals surface area contributed by atoms with Crippen LogP contribution < -0.4 is 15.8 Å². The summed E-state index contributed by atoms with van der Waals surface area (Å²) in [7, 11) is 0. The molecule has 2 amide bonds. The van der Waals surface area contributed by atoms with Gasteiger partial charge in [0.25, 0.3) is 5.91 Å². The molecule has 4 aliphatic rings. The second-order valence-corrected chi connectivity index (χ2v) is 10.7. The number of pyridine rings is 1. The van der Waals surface area contributed by atoms with Crippen LogP contribution in [0.2, 0.25) is 0 Å². The van der Waals surface area contributed by atoms with Gasteiger partial charge in [0.2, 0.25) is 5.91 Å². The molecule has 6 nitrogen and oxygen atoms in total. The number of primary amides is 1. The highest BCUT2D eigenvalue weighted by Crippen LogP contribution is 2.59. The maximum Gasteiger partial charge on any atom is 0.270 e. The zero-order valence-corrected chi connectivity index (χ0v) is 19.8. The molecule has 180 valence electrons. The number of carbonyl (C=O) groups is 2. The van der Waals surface area contributed by atoms with Gasteiger partial charge in [0.1, 0.15) is 17.0 Å². The number of benzene rings is 2. The normalized spacial score (nSPS) is 28.7. The van der Waals surface area contributed by atoms with Gasteiger partial charge in [-0.3, -0.25) is 9.59 Å². The minimum atomic E-state index is -0.356. The van der Waals surface area contributed by atoms with Crippen molar-refractivity contribution in [3.63, 3.8) is 0 Å². The third-order valence-corrected chi connectivity index (χ3v) is 8.50. The van der Waals surface area contributed by atoms with Crippen LogP contribution in [0.4, 0.5) is 0 Å². The largest absolute Gasteiger partial charge is 0.491 e. The van der Waals surface area contributed by atoms with Gasteiger partial charge in [0.15, 0.2) is 0 Å². The number of hydrogen-bond acceptors (Lipinski definition) is 4. The molecule has 4 bridgehead atoms. The summed E-state index contributed by atoms with van der Waals surface area (Å²) in [6.07, 6.45) is 5.46. The molecule has 3 N–H and O–H groups in total. The summed E-state index contributed by atoms with van der Waals surface area (Å²) in [5.41, 5.74) is 7.77. The highest BCUT2D eigenvalue weighted by atomic mass is 16.5. The molecule has 4 fully saturated rings. The summed E-state index contributed by atoms with van der Waals surface area (Å²) < 4.78 is 6.08. The third-order valence-electron chi connectivity index (χ3n) is 8.50. The molecule has 0 saturated heterocycles. The van der Waals surface area contributed by atoms with E-state index in [-0.39, 0.29) is 23.3 Å². The van der Waals surface area contributed by atoms with Gasteiger partial charge in [0.05, 0.1) is 6.61 Å². The highest BCUT2D eigenvalue weighted by molar-refractivity contribution is 5.96. The zero-order chi connectivity index (χ0) is 24.0. The lowest BCUT2D eigenvalue weighted by Gasteiger charge is -2.58. The average molecular weight is 470 g/mol. The number of amides is 2. The Morgan fingerprint density at radius 3 is 2.49 bits per heavy atom. The van der Waals surface area contributed by atoms with Crippen molar-refractivity contribution >= 4 is 22.7 Å². The molecule has 7 rings (SSSR count). The number of carbonyl (C=O) groups excluding carboxylic acids is 2. The van der Waals surface area contributed by atoms with E-state index >= 15 is 0 Å². The fourth-order valence-corrected chi connectivity index (χ4v) is 7.07. The molecular formula is C29H31N3O3. The standard InChI is InChI=1S/C29H31N3O3/c30-28(34)29-15-19-13-21(16-29)25(22(14-19)17-29)32-27(33)23-10-9-20-7-4-8-24(26(20)31-23)35-12-11-18-5-2-1-3-6-18/h1-10,19,21-22,25H,11-17H2,(H2,30,34)(H,32,33). The van der Waals surface area contributed by atoms with Crippen LogP contribution in [0.1, 0.15) is 48.2 Å². The number of nitrogens with one attached hydrogen (secondary N) is 1. The highest BCUT2D eigenvalue weighted by Gasteiger charge is 2.58. The van der Waals surface area contributed by atoms with E-state index in [1.807, 2.05) is 42.5 Å². The lowest BCUT2D eigenvalue weighted by Crippen LogP contribution is -2.62. The number of hydrogen-bond donors (Lipinski definition) is 2. The number of nitrogens with two attached hydrogens (primary N) is 1. The summed E-state index contributed by atoms with van der Waals surface area (Å²) in [5, 5.41) is 4.23. The van der Waals surface area contributed by atoms with Crippen molar-refractivity contribution < 1.29 is 14.3 Å². The summed E-state index contributed by atoms with van der Waals surface area (Å²) in [4.78, 5) is 30.2. The quantitative estimate of drug-likeness (QED) is 0.540. The minimum absolute atomic E-state index is 0.0846. The van der Waals surface area contributed by atoms with Crippen LogP contribution in [-0.4, -0.2) is 29.4 Å². The van der Waals surface area contributed by atoms with E-state index < -0.39 is 0 Å². The van der Waals surface area contributed by atoms with E-state index in [0.29, 0.717) is 41.3 Å². The smallest absolute Gasteiger partial charge is 0.270 e. The van der Waals surface area contributed by atoms with E-state index in [1.54, 1.807) is 6.07 Å². The molecule has 2 atom stereocenters. The van der Waals surface area contributed by atoms with Crippen molar-refractivity contribution in [1.82, 2.24) is 10.3 Å². The Kier molecular flexibility index (Phi) is 5.47. The van der Waals surface area contributed by atoms with Crippen LogP contribution in [0.15, 0.2) is 60.7 Å². The molecule has 1 aromatic heterocycles. The predicted octanol–water partition coefficient (Wildman–Crippen LogP) is 4.27. The Hall–Kier alpha value is -3.41. The Labute approximate surface area is 205 Å². The number of rotatable bonds is 7. The molecule has 0 aliphatic heterocycles. The fourth-order valence-electron chi connectivity index (χ4n) is 7.07. The Bertz CT molecular complexity index is 1260. The van der Waals surface area contributed by atoms with E-state index in [2.05, 4.69) is 17.4 Å². The summed E-state index contributed by atoms with van der Waals surface area (Å²) in [5.74, 6) is 1.56. The number of ether oxygens (including phenoxy) is 1. The van der Waals surface area contributed by atoms with Crippen LogP contribution in [-0.2, 0) is 11.2 Å².